The molecule has 1 aliphatic rings. The highest BCUT2D eigenvalue weighted by atomic mass is 16.5. The molecule has 0 N–H and O–H groups in total. The van der Waals surface area contributed by atoms with Crippen LogP contribution in [0.3, 0.4) is 0 Å². The standard InChI is InChI=1S/C19H18O3/c1-2-6-15-11-19(20)22-18-10-9-16(12-17(15)18)21-13-14-7-4-3-5-8-14/h2-5,7-10,12,15H,1,6,11,13H2. The molecular formula is C19H18O3. The maximum atomic E-state index is 11.6. The van der Waals surface area contributed by atoms with Gasteiger partial charge in [0, 0.05) is 11.5 Å². The Morgan fingerprint density at radius 2 is 2.05 bits per heavy atom. The van der Waals surface area contributed by atoms with E-state index in [0.717, 1.165) is 23.3 Å². The van der Waals surface area contributed by atoms with Crippen LogP contribution in [-0.4, -0.2) is 5.97 Å². The molecule has 22 heavy (non-hydrogen) atoms. The second-order valence-electron chi connectivity index (χ2n) is 5.37. The Kier molecular flexibility index (Phi) is 4.24. The summed E-state index contributed by atoms with van der Waals surface area (Å²) in [4.78, 5) is 11.6. The van der Waals surface area contributed by atoms with Crippen molar-refractivity contribution in [1.29, 1.82) is 0 Å². The van der Waals surface area contributed by atoms with Crippen molar-refractivity contribution >= 4 is 5.97 Å². The number of rotatable bonds is 5. The van der Waals surface area contributed by atoms with Gasteiger partial charge < -0.3 is 9.47 Å². The number of fused-ring (bicyclic) bond motifs is 1. The fraction of sp³-hybridized carbons (Fsp3) is 0.211. The summed E-state index contributed by atoms with van der Waals surface area (Å²) in [7, 11) is 0. The number of hydrogen-bond acceptors (Lipinski definition) is 3. The van der Waals surface area contributed by atoms with Crippen molar-refractivity contribution in [3.63, 3.8) is 0 Å². The van der Waals surface area contributed by atoms with Crippen LogP contribution in [0.25, 0.3) is 0 Å². The Hall–Kier alpha value is -2.55. The zero-order valence-corrected chi connectivity index (χ0v) is 12.3. The average Bonchev–Trinajstić information content (AvgIpc) is 2.54. The molecule has 0 amide bonds. The summed E-state index contributed by atoms with van der Waals surface area (Å²) in [5, 5.41) is 0. The molecule has 3 heteroatoms. The molecule has 3 rings (SSSR count). The van der Waals surface area contributed by atoms with Gasteiger partial charge >= 0.3 is 5.97 Å². The predicted octanol–water partition coefficient (Wildman–Crippen LogP) is 4.23. The molecule has 0 aliphatic carbocycles. The molecule has 1 aliphatic heterocycles. The zero-order chi connectivity index (χ0) is 15.4. The Labute approximate surface area is 130 Å². The lowest BCUT2D eigenvalue weighted by Crippen LogP contribution is -2.20. The summed E-state index contributed by atoms with van der Waals surface area (Å²) in [6.07, 6.45) is 2.98. The van der Waals surface area contributed by atoms with Crippen molar-refractivity contribution in [2.75, 3.05) is 0 Å². The molecule has 0 saturated heterocycles. The third kappa shape index (κ3) is 3.19. The smallest absolute Gasteiger partial charge is 0.311 e. The molecule has 0 saturated carbocycles. The summed E-state index contributed by atoms with van der Waals surface area (Å²) in [5.74, 6) is 1.36. The van der Waals surface area contributed by atoms with Crippen LogP contribution < -0.4 is 9.47 Å². The number of ether oxygens (including phenoxy) is 2. The minimum Gasteiger partial charge on any atom is -0.489 e. The molecule has 0 aromatic heterocycles. The molecule has 0 bridgehead atoms. The van der Waals surface area contributed by atoms with Gasteiger partial charge in [0.05, 0.1) is 6.42 Å². The SMILES string of the molecule is C=CCC1CC(=O)Oc2ccc(OCc3ccccc3)cc21. The highest BCUT2D eigenvalue weighted by Crippen LogP contribution is 2.38. The van der Waals surface area contributed by atoms with Crippen molar-refractivity contribution in [3.8, 4) is 11.5 Å². The van der Waals surface area contributed by atoms with Gasteiger partial charge in [0.2, 0.25) is 0 Å². The molecule has 2 aromatic rings. The van der Waals surface area contributed by atoms with Crippen molar-refractivity contribution in [2.24, 2.45) is 0 Å². The van der Waals surface area contributed by atoms with E-state index in [2.05, 4.69) is 6.58 Å². The van der Waals surface area contributed by atoms with E-state index in [1.807, 2.05) is 54.6 Å². The molecule has 1 atom stereocenters. The van der Waals surface area contributed by atoms with E-state index in [1.54, 1.807) is 0 Å². The number of carbonyl (C=O) groups excluding carboxylic acids is 1. The number of hydrogen-bond donors (Lipinski definition) is 0. The Bertz CT molecular complexity index is 676. The molecule has 0 radical (unpaired) electrons. The Morgan fingerprint density at radius 3 is 2.82 bits per heavy atom. The normalized spacial score (nSPS) is 16.5. The lowest BCUT2D eigenvalue weighted by atomic mass is 9.90. The van der Waals surface area contributed by atoms with Crippen LogP contribution in [0.2, 0.25) is 0 Å². The van der Waals surface area contributed by atoms with Crippen LogP contribution in [0, 0.1) is 0 Å². The Balaban J connectivity index is 1.78. The van der Waals surface area contributed by atoms with E-state index in [0.29, 0.717) is 18.8 Å². The van der Waals surface area contributed by atoms with Gasteiger partial charge in [0.15, 0.2) is 0 Å². The fourth-order valence-electron chi connectivity index (χ4n) is 2.66. The fourth-order valence-corrected chi connectivity index (χ4v) is 2.66. The van der Waals surface area contributed by atoms with E-state index in [9.17, 15) is 4.79 Å². The van der Waals surface area contributed by atoms with Crippen molar-refractivity contribution in [2.45, 2.75) is 25.4 Å². The summed E-state index contributed by atoms with van der Waals surface area (Å²) in [6.45, 7) is 4.29. The van der Waals surface area contributed by atoms with Gasteiger partial charge in [-0.1, -0.05) is 36.4 Å². The van der Waals surface area contributed by atoms with E-state index in [4.69, 9.17) is 9.47 Å². The molecular weight excluding hydrogens is 276 g/mol. The maximum Gasteiger partial charge on any atom is 0.311 e. The number of benzene rings is 2. The third-order valence-electron chi connectivity index (χ3n) is 3.76. The second-order valence-corrected chi connectivity index (χ2v) is 5.37. The third-order valence-corrected chi connectivity index (χ3v) is 3.76. The number of carbonyl (C=O) groups is 1. The first-order valence-electron chi connectivity index (χ1n) is 7.38. The van der Waals surface area contributed by atoms with Crippen molar-refractivity contribution in [3.05, 3.63) is 72.3 Å². The monoisotopic (exact) mass is 294 g/mol. The zero-order valence-electron chi connectivity index (χ0n) is 12.3. The van der Waals surface area contributed by atoms with Gasteiger partial charge in [-0.3, -0.25) is 4.79 Å². The summed E-state index contributed by atoms with van der Waals surface area (Å²) < 4.78 is 11.1. The van der Waals surface area contributed by atoms with Gasteiger partial charge in [0.1, 0.15) is 18.1 Å². The average molecular weight is 294 g/mol. The van der Waals surface area contributed by atoms with Crippen LogP contribution in [0.5, 0.6) is 11.5 Å². The van der Waals surface area contributed by atoms with Crippen molar-refractivity contribution in [1.82, 2.24) is 0 Å². The van der Waals surface area contributed by atoms with Crippen molar-refractivity contribution < 1.29 is 14.3 Å². The van der Waals surface area contributed by atoms with Gasteiger partial charge in [-0.2, -0.15) is 0 Å². The number of allylic oxidation sites excluding steroid dienone is 1. The van der Waals surface area contributed by atoms with Crippen LogP contribution in [0.4, 0.5) is 0 Å². The van der Waals surface area contributed by atoms with Crippen LogP contribution in [0.1, 0.15) is 29.9 Å². The van der Waals surface area contributed by atoms with Gasteiger partial charge in [-0.05, 0) is 30.2 Å². The molecule has 1 heterocycles. The summed E-state index contributed by atoms with van der Waals surface area (Å²) in [5.41, 5.74) is 2.14. The highest BCUT2D eigenvalue weighted by Gasteiger charge is 2.26. The van der Waals surface area contributed by atoms with Gasteiger partial charge in [-0.15, -0.1) is 6.58 Å². The van der Waals surface area contributed by atoms with Crippen LogP contribution in [-0.2, 0) is 11.4 Å². The molecule has 0 spiro atoms. The molecule has 0 fully saturated rings. The first-order valence-corrected chi connectivity index (χ1v) is 7.38. The molecule has 2 aromatic carbocycles. The molecule has 3 nitrogen and oxygen atoms in total. The van der Waals surface area contributed by atoms with Gasteiger partial charge in [-0.25, -0.2) is 0 Å². The lowest BCUT2D eigenvalue weighted by molar-refractivity contribution is -0.135. The predicted molar refractivity (Wildman–Crippen MR) is 85.0 cm³/mol. The molecule has 1 unspecified atom stereocenters. The van der Waals surface area contributed by atoms with Crippen LogP contribution >= 0.6 is 0 Å². The maximum absolute atomic E-state index is 11.6. The van der Waals surface area contributed by atoms with Crippen LogP contribution in [0.15, 0.2) is 61.2 Å². The lowest BCUT2D eigenvalue weighted by Gasteiger charge is -2.24. The Morgan fingerprint density at radius 1 is 1.23 bits per heavy atom. The van der Waals surface area contributed by atoms with Gasteiger partial charge in [0.25, 0.3) is 0 Å². The topological polar surface area (TPSA) is 35.5 Å². The number of esters is 1. The minimum atomic E-state index is -0.183. The quantitative estimate of drug-likeness (QED) is 0.470. The van der Waals surface area contributed by atoms with E-state index < -0.39 is 0 Å². The second kappa shape index (κ2) is 6.48. The van der Waals surface area contributed by atoms with E-state index in [-0.39, 0.29) is 11.9 Å². The highest BCUT2D eigenvalue weighted by molar-refractivity contribution is 5.76. The minimum absolute atomic E-state index is 0.119. The van der Waals surface area contributed by atoms with E-state index >= 15 is 0 Å². The summed E-state index contributed by atoms with van der Waals surface area (Å²) in [6, 6.07) is 15.6. The largest absolute Gasteiger partial charge is 0.489 e. The summed E-state index contributed by atoms with van der Waals surface area (Å²) >= 11 is 0. The first-order chi connectivity index (χ1) is 10.8. The first kappa shape index (κ1) is 14.4. The van der Waals surface area contributed by atoms with E-state index in [1.165, 1.54) is 0 Å². The molecule has 112 valence electrons.